The molecule has 5 heteroatoms. The third-order valence-corrected chi connectivity index (χ3v) is 4.31. The van der Waals surface area contributed by atoms with E-state index in [0.717, 1.165) is 36.5 Å². The second kappa shape index (κ2) is 7.64. The Hall–Kier alpha value is 0.260. The molecule has 3 nitrogen and oxygen atoms in total. The minimum Gasteiger partial charge on any atom is -0.262 e. The first-order valence-corrected chi connectivity index (χ1v) is 7.57. The van der Waals surface area contributed by atoms with E-state index in [1.807, 2.05) is 13.8 Å². The lowest BCUT2D eigenvalue weighted by atomic mass is 10.4. The van der Waals surface area contributed by atoms with E-state index in [2.05, 4.69) is 0 Å². The van der Waals surface area contributed by atoms with Crippen LogP contribution in [0, 0.1) is 0 Å². The Morgan fingerprint density at radius 1 is 1.15 bits per heavy atom. The van der Waals surface area contributed by atoms with Crippen LogP contribution in [0.5, 0.6) is 0 Å². The summed E-state index contributed by atoms with van der Waals surface area (Å²) < 4.78 is 27.0. The zero-order valence-corrected chi connectivity index (χ0v) is 9.92. The Kier molecular flexibility index (Phi) is 7.80. The number of rotatable bonds is 8. The third-order valence-electron chi connectivity index (χ3n) is 1.45. The molecule has 0 saturated carbocycles. The molecule has 0 saturated heterocycles. The molecule has 0 spiro atoms. The van der Waals surface area contributed by atoms with Crippen molar-refractivity contribution in [1.82, 2.24) is 0 Å². The van der Waals surface area contributed by atoms with Gasteiger partial charge in [0.25, 0.3) is 0 Å². The second-order valence-corrected chi connectivity index (χ2v) is 6.39. The molecule has 0 aliphatic carbocycles. The molecule has 0 atom stereocenters. The quantitative estimate of drug-likeness (QED) is 0.471. The van der Waals surface area contributed by atoms with Gasteiger partial charge in [-0.1, -0.05) is 26.7 Å². The molecule has 0 aromatic heterocycles. The van der Waals surface area contributed by atoms with E-state index in [1.165, 1.54) is 0 Å². The highest BCUT2D eigenvalue weighted by atomic mass is 33.1. The van der Waals surface area contributed by atoms with Gasteiger partial charge in [-0.05, 0) is 23.6 Å². The van der Waals surface area contributed by atoms with Gasteiger partial charge in [-0.3, -0.25) is 4.18 Å². The maximum Gasteiger partial charge on any atom is 0.322 e. The monoisotopic (exact) mass is 226 g/mol. The molecular formula is C8H18O3S2. The lowest BCUT2D eigenvalue weighted by molar-refractivity contribution is 0.321. The first-order chi connectivity index (χ1) is 6.12. The normalized spacial score (nSPS) is 11.8. The van der Waals surface area contributed by atoms with E-state index in [9.17, 15) is 8.42 Å². The highest BCUT2D eigenvalue weighted by Gasteiger charge is 2.10. The van der Waals surface area contributed by atoms with Gasteiger partial charge in [0, 0.05) is 5.75 Å². The summed E-state index contributed by atoms with van der Waals surface area (Å²) in [6.07, 6.45) is 3.68. The van der Waals surface area contributed by atoms with Crippen LogP contribution >= 0.6 is 10.8 Å². The molecule has 0 aliphatic rings. The van der Waals surface area contributed by atoms with Crippen molar-refractivity contribution in [2.24, 2.45) is 0 Å². The lowest BCUT2D eigenvalue weighted by Crippen LogP contribution is -2.03. The van der Waals surface area contributed by atoms with Crippen molar-refractivity contribution in [1.29, 1.82) is 0 Å². The number of hydrogen-bond acceptors (Lipinski definition) is 4. The fourth-order valence-corrected chi connectivity index (χ4v) is 3.02. The van der Waals surface area contributed by atoms with Crippen LogP contribution in [-0.2, 0) is 13.3 Å². The molecule has 80 valence electrons. The molecule has 0 aromatic rings. The van der Waals surface area contributed by atoms with E-state index >= 15 is 0 Å². The van der Waals surface area contributed by atoms with Crippen molar-refractivity contribution in [2.75, 3.05) is 12.4 Å². The van der Waals surface area contributed by atoms with Crippen LogP contribution in [0.4, 0.5) is 0 Å². The summed E-state index contributed by atoms with van der Waals surface area (Å²) in [5.74, 6) is 0.630. The zero-order chi connectivity index (χ0) is 10.2. The predicted octanol–water partition coefficient (Wildman–Crippen LogP) is 2.58. The molecule has 0 aliphatic heterocycles. The molecule has 0 radical (unpaired) electrons. The fourth-order valence-electron chi connectivity index (χ4n) is 0.645. The summed E-state index contributed by atoms with van der Waals surface area (Å²) in [5, 5.41) is 0. The van der Waals surface area contributed by atoms with Gasteiger partial charge in [-0.15, -0.1) is 0 Å². The Labute approximate surface area is 84.8 Å². The Bertz CT molecular complexity index is 183. The average Bonchev–Trinajstić information content (AvgIpc) is 2.05. The van der Waals surface area contributed by atoms with Gasteiger partial charge in [0.05, 0.1) is 6.61 Å². The molecule has 0 N–H and O–H groups in total. The molecule has 0 rings (SSSR count). The summed E-state index contributed by atoms with van der Waals surface area (Å²) in [6, 6.07) is 0. The standard InChI is InChI=1S/C8H18O3S2/c1-3-5-7-11-13(9,10)12-8-6-4-2/h3-8H2,1-2H3. The van der Waals surface area contributed by atoms with E-state index in [1.54, 1.807) is 0 Å². The summed E-state index contributed by atoms with van der Waals surface area (Å²) in [6.45, 7) is 4.35. The van der Waals surface area contributed by atoms with Gasteiger partial charge in [0.1, 0.15) is 0 Å². The molecule has 0 heterocycles. The first-order valence-electron chi connectivity index (χ1n) is 4.66. The van der Waals surface area contributed by atoms with E-state index < -0.39 is 9.15 Å². The molecular weight excluding hydrogens is 208 g/mol. The van der Waals surface area contributed by atoms with Crippen molar-refractivity contribution in [3.8, 4) is 0 Å². The van der Waals surface area contributed by atoms with Crippen LogP contribution in [0.25, 0.3) is 0 Å². The van der Waals surface area contributed by atoms with E-state index in [-0.39, 0.29) is 0 Å². The molecule has 0 bridgehead atoms. The number of hydrogen-bond donors (Lipinski definition) is 0. The number of unbranched alkanes of at least 4 members (excludes halogenated alkanes) is 2. The minimum absolute atomic E-state index is 0.317. The van der Waals surface area contributed by atoms with E-state index in [0.29, 0.717) is 12.4 Å². The van der Waals surface area contributed by atoms with Gasteiger partial charge >= 0.3 is 9.15 Å². The van der Waals surface area contributed by atoms with Crippen molar-refractivity contribution in [3.05, 3.63) is 0 Å². The molecule has 0 aromatic carbocycles. The van der Waals surface area contributed by atoms with Crippen LogP contribution in [0.15, 0.2) is 0 Å². The molecule has 0 unspecified atom stereocenters. The topological polar surface area (TPSA) is 43.4 Å². The summed E-state index contributed by atoms with van der Waals surface area (Å²) in [5.41, 5.74) is 0. The van der Waals surface area contributed by atoms with Crippen LogP contribution in [0.1, 0.15) is 39.5 Å². The molecule has 0 fully saturated rings. The van der Waals surface area contributed by atoms with E-state index in [4.69, 9.17) is 4.18 Å². The van der Waals surface area contributed by atoms with Crippen molar-refractivity contribution < 1.29 is 12.6 Å². The lowest BCUT2D eigenvalue weighted by Gasteiger charge is -2.02. The zero-order valence-electron chi connectivity index (χ0n) is 8.28. The van der Waals surface area contributed by atoms with Gasteiger partial charge in [-0.2, -0.15) is 8.42 Å². The second-order valence-electron chi connectivity index (χ2n) is 2.76. The van der Waals surface area contributed by atoms with Crippen LogP contribution in [0.2, 0.25) is 0 Å². The maximum atomic E-state index is 11.1. The summed E-state index contributed by atoms with van der Waals surface area (Å²) in [7, 11) is -2.41. The van der Waals surface area contributed by atoms with Crippen LogP contribution in [0.3, 0.4) is 0 Å². The Balaban J connectivity index is 3.55. The summed E-state index contributed by atoms with van der Waals surface area (Å²) in [4.78, 5) is 0. The van der Waals surface area contributed by atoms with Crippen molar-refractivity contribution in [3.63, 3.8) is 0 Å². The van der Waals surface area contributed by atoms with Gasteiger partial charge < -0.3 is 0 Å². The average molecular weight is 226 g/mol. The third kappa shape index (κ3) is 8.59. The van der Waals surface area contributed by atoms with Crippen molar-refractivity contribution in [2.45, 2.75) is 39.5 Å². The highest BCUT2D eigenvalue weighted by molar-refractivity contribution is 8.70. The maximum absolute atomic E-state index is 11.1. The predicted molar refractivity (Wildman–Crippen MR) is 57.1 cm³/mol. The van der Waals surface area contributed by atoms with Crippen LogP contribution in [-0.4, -0.2) is 20.8 Å². The Morgan fingerprint density at radius 2 is 1.77 bits per heavy atom. The molecule has 0 amide bonds. The highest BCUT2D eigenvalue weighted by Crippen LogP contribution is 2.16. The Morgan fingerprint density at radius 3 is 2.31 bits per heavy atom. The van der Waals surface area contributed by atoms with Gasteiger partial charge in [-0.25, -0.2) is 0 Å². The smallest absolute Gasteiger partial charge is 0.262 e. The van der Waals surface area contributed by atoms with Gasteiger partial charge in [0.2, 0.25) is 0 Å². The largest absolute Gasteiger partial charge is 0.322 e. The van der Waals surface area contributed by atoms with Gasteiger partial charge in [0.15, 0.2) is 0 Å². The van der Waals surface area contributed by atoms with Crippen molar-refractivity contribution >= 4 is 19.9 Å². The van der Waals surface area contributed by atoms with Crippen LogP contribution < -0.4 is 0 Å². The molecule has 13 heavy (non-hydrogen) atoms. The fraction of sp³-hybridized carbons (Fsp3) is 1.00. The first kappa shape index (κ1) is 13.3. The minimum atomic E-state index is -3.31. The SMILES string of the molecule is CCCCOS(=O)(=O)SCCCC. The summed E-state index contributed by atoms with van der Waals surface area (Å²) >= 11 is 0.